The lowest BCUT2D eigenvalue weighted by atomic mass is 9.85. The first-order valence-electron chi connectivity index (χ1n) is 6.02. The Labute approximate surface area is 131 Å². The van der Waals surface area contributed by atoms with E-state index in [4.69, 9.17) is 29.6 Å². The number of hydrogen-bond donors (Lipinski definition) is 2. The van der Waals surface area contributed by atoms with Gasteiger partial charge in [0, 0.05) is 4.47 Å². The molecule has 1 amide bonds. The highest BCUT2D eigenvalue weighted by atomic mass is 79.9. The molecule has 0 heterocycles. The minimum atomic E-state index is -0.721. The van der Waals surface area contributed by atoms with E-state index >= 15 is 0 Å². The molecule has 0 aromatic heterocycles. The van der Waals surface area contributed by atoms with E-state index in [0.29, 0.717) is 23.6 Å². The van der Waals surface area contributed by atoms with Crippen LogP contribution in [0.5, 0.6) is 0 Å². The number of benzene rings is 1. The van der Waals surface area contributed by atoms with E-state index in [-0.39, 0.29) is 10.9 Å². The van der Waals surface area contributed by atoms with Gasteiger partial charge in [-0.1, -0.05) is 52.6 Å². The van der Waals surface area contributed by atoms with E-state index < -0.39 is 5.41 Å². The van der Waals surface area contributed by atoms with Gasteiger partial charge in [0.05, 0.1) is 21.1 Å². The smallest absolute Gasteiger partial charge is 0.237 e. The summed E-state index contributed by atoms with van der Waals surface area (Å²) in [4.78, 5) is 12.8. The third-order valence-corrected chi connectivity index (χ3v) is 4.75. The van der Waals surface area contributed by atoms with Gasteiger partial charge in [-0.2, -0.15) is 0 Å². The first-order valence-corrected chi connectivity index (χ1v) is 7.60. The summed E-state index contributed by atoms with van der Waals surface area (Å²) in [7, 11) is 0. The van der Waals surface area contributed by atoms with Crippen molar-refractivity contribution in [3.8, 4) is 0 Å². The summed E-state index contributed by atoms with van der Waals surface area (Å²) in [5.74, 6) is -0.155. The van der Waals surface area contributed by atoms with Gasteiger partial charge in [0.15, 0.2) is 0 Å². The number of carbonyl (C=O) groups is 1. The van der Waals surface area contributed by atoms with Gasteiger partial charge in [-0.3, -0.25) is 4.79 Å². The number of anilines is 1. The Bertz CT molecular complexity index is 529. The number of nitrogens with two attached hydrogens (primary N) is 1. The van der Waals surface area contributed by atoms with Crippen molar-refractivity contribution in [3.63, 3.8) is 0 Å². The van der Waals surface area contributed by atoms with Crippen LogP contribution in [0.1, 0.15) is 25.7 Å². The van der Waals surface area contributed by atoms with Gasteiger partial charge in [0.1, 0.15) is 0 Å². The molecule has 0 bridgehead atoms. The normalized spacial score (nSPS) is 17.2. The minimum Gasteiger partial charge on any atom is -0.392 e. The lowest BCUT2D eigenvalue weighted by Gasteiger charge is -2.26. The summed E-state index contributed by atoms with van der Waals surface area (Å²) < 4.78 is 0.850. The van der Waals surface area contributed by atoms with Crippen molar-refractivity contribution in [2.45, 2.75) is 25.7 Å². The van der Waals surface area contributed by atoms with E-state index in [2.05, 4.69) is 21.2 Å². The standard InChI is InChI=1S/C13H14BrClN2OS/c14-8-3-4-9(15)10(7-8)17-12(18)13(11(16)19)5-1-2-6-13/h3-4,7H,1-2,5-6H2,(H2,16,19)(H,17,18). The zero-order valence-corrected chi connectivity index (χ0v) is 13.4. The van der Waals surface area contributed by atoms with Gasteiger partial charge in [-0.05, 0) is 31.0 Å². The van der Waals surface area contributed by atoms with Crippen LogP contribution in [0.15, 0.2) is 22.7 Å². The topological polar surface area (TPSA) is 55.1 Å². The second-order valence-electron chi connectivity index (χ2n) is 4.73. The lowest BCUT2D eigenvalue weighted by molar-refractivity contribution is -0.122. The van der Waals surface area contributed by atoms with E-state index in [1.807, 2.05) is 6.07 Å². The van der Waals surface area contributed by atoms with Crippen LogP contribution >= 0.6 is 39.7 Å². The third-order valence-electron chi connectivity index (χ3n) is 3.54. The Kier molecular flexibility index (Phi) is 4.48. The summed E-state index contributed by atoms with van der Waals surface area (Å²) in [6.07, 6.45) is 3.35. The molecule has 1 aromatic rings. The predicted octanol–water partition coefficient (Wildman–Crippen LogP) is 3.89. The Morgan fingerprint density at radius 1 is 1.42 bits per heavy atom. The monoisotopic (exact) mass is 360 g/mol. The molecule has 1 fully saturated rings. The fourth-order valence-electron chi connectivity index (χ4n) is 2.40. The number of nitrogens with one attached hydrogen (secondary N) is 1. The molecule has 0 atom stereocenters. The van der Waals surface area contributed by atoms with E-state index in [1.165, 1.54) is 0 Å². The predicted molar refractivity (Wildman–Crippen MR) is 85.5 cm³/mol. The van der Waals surface area contributed by atoms with Crippen LogP contribution < -0.4 is 11.1 Å². The molecule has 2 rings (SSSR count). The molecule has 1 aliphatic rings. The molecular formula is C13H14BrClN2OS. The van der Waals surface area contributed by atoms with E-state index in [9.17, 15) is 4.79 Å². The van der Waals surface area contributed by atoms with Crippen LogP contribution in [0.4, 0.5) is 5.69 Å². The summed E-state index contributed by atoms with van der Waals surface area (Å²) in [6.45, 7) is 0. The minimum absolute atomic E-state index is 0.155. The maximum Gasteiger partial charge on any atom is 0.237 e. The van der Waals surface area contributed by atoms with E-state index in [1.54, 1.807) is 12.1 Å². The Balaban J connectivity index is 2.25. The molecule has 1 saturated carbocycles. The van der Waals surface area contributed by atoms with Crippen LogP contribution in [0, 0.1) is 5.41 Å². The summed E-state index contributed by atoms with van der Waals surface area (Å²) >= 11 is 14.5. The molecule has 1 aromatic carbocycles. The van der Waals surface area contributed by atoms with Crippen LogP contribution in [0.25, 0.3) is 0 Å². The van der Waals surface area contributed by atoms with Crippen molar-refractivity contribution >= 4 is 56.3 Å². The molecule has 3 N–H and O–H groups in total. The number of amides is 1. The summed E-state index contributed by atoms with van der Waals surface area (Å²) in [5.41, 5.74) is 5.64. The van der Waals surface area contributed by atoms with Crippen LogP contribution in [0.2, 0.25) is 5.02 Å². The molecule has 0 saturated heterocycles. The Morgan fingerprint density at radius 2 is 2.05 bits per heavy atom. The number of hydrogen-bond acceptors (Lipinski definition) is 2. The van der Waals surface area contributed by atoms with Gasteiger partial charge in [0.2, 0.25) is 5.91 Å². The number of halogens is 2. The zero-order chi connectivity index (χ0) is 14.0. The molecule has 3 nitrogen and oxygen atoms in total. The van der Waals surface area contributed by atoms with Gasteiger partial charge in [-0.15, -0.1) is 0 Å². The zero-order valence-electron chi connectivity index (χ0n) is 10.2. The van der Waals surface area contributed by atoms with Crippen molar-refractivity contribution in [2.75, 3.05) is 5.32 Å². The van der Waals surface area contributed by atoms with Crippen molar-refractivity contribution < 1.29 is 4.79 Å². The molecule has 1 aliphatic carbocycles. The lowest BCUT2D eigenvalue weighted by Crippen LogP contribution is -2.44. The van der Waals surface area contributed by atoms with E-state index in [0.717, 1.165) is 17.3 Å². The van der Waals surface area contributed by atoms with Crippen molar-refractivity contribution in [3.05, 3.63) is 27.7 Å². The first-order chi connectivity index (χ1) is 8.95. The SMILES string of the molecule is NC(=S)C1(C(=O)Nc2cc(Br)ccc2Cl)CCCC1. The van der Waals surface area contributed by atoms with Gasteiger partial charge >= 0.3 is 0 Å². The molecule has 0 spiro atoms. The van der Waals surface area contributed by atoms with Crippen LogP contribution in [-0.2, 0) is 4.79 Å². The summed E-state index contributed by atoms with van der Waals surface area (Å²) in [6, 6.07) is 5.31. The molecule has 19 heavy (non-hydrogen) atoms. The average molecular weight is 362 g/mol. The maximum atomic E-state index is 12.5. The highest BCUT2D eigenvalue weighted by Gasteiger charge is 2.44. The van der Waals surface area contributed by atoms with Crippen LogP contribution in [0.3, 0.4) is 0 Å². The Hall–Kier alpha value is -0.650. The molecule has 0 unspecified atom stereocenters. The fraction of sp³-hybridized carbons (Fsp3) is 0.385. The first kappa shape index (κ1) is 14.8. The van der Waals surface area contributed by atoms with Crippen molar-refractivity contribution in [1.82, 2.24) is 0 Å². The summed E-state index contributed by atoms with van der Waals surface area (Å²) in [5, 5.41) is 3.34. The van der Waals surface area contributed by atoms with Gasteiger partial charge in [0.25, 0.3) is 0 Å². The third kappa shape index (κ3) is 2.93. The maximum absolute atomic E-state index is 12.5. The highest BCUT2D eigenvalue weighted by Crippen LogP contribution is 2.40. The molecule has 102 valence electrons. The largest absolute Gasteiger partial charge is 0.392 e. The molecule has 6 heteroatoms. The second-order valence-corrected chi connectivity index (χ2v) is 6.49. The molecule has 0 aliphatic heterocycles. The number of carbonyl (C=O) groups excluding carboxylic acids is 1. The highest BCUT2D eigenvalue weighted by molar-refractivity contribution is 9.10. The quantitative estimate of drug-likeness (QED) is 0.803. The van der Waals surface area contributed by atoms with Gasteiger partial charge in [-0.25, -0.2) is 0 Å². The Morgan fingerprint density at radius 3 is 2.63 bits per heavy atom. The second kappa shape index (κ2) is 5.77. The van der Waals surface area contributed by atoms with Crippen molar-refractivity contribution in [2.24, 2.45) is 11.1 Å². The molecular weight excluding hydrogens is 348 g/mol. The fourth-order valence-corrected chi connectivity index (χ4v) is 3.22. The molecule has 0 radical (unpaired) electrons. The number of thiocarbonyl (C=S) groups is 1. The number of rotatable bonds is 3. The van der Waals surface area contributed by atoms with Crippen LogP contribution in [-0.4, -0.2) is 10.9 Å². The van der Waals surface area contributed by atoms with Gasteiger partial charge < -0.3 is 11.1 Å². The average Bonchev–Trinajstić information content (AvgIpc) is 2.84. The van der Waals surface area contributed by atoms with Crippen molar-refractivity contribution in [1.29, 1.82) is 0 Å².